The molecular formula is C20H19N3O. The molecule has 24 heavy (non-hydrogen) atoms. The lowest BCUT2D eigenvalue weighted by Gasteiger charge is -2.09. The monoisotopic (exact) mass is 317 g/mol. The van der Waals surface area contributed by atoms with E-state index in [0.717, 1.165) is 23.5 Å². The van der Waals surface area contributed by atoms with Crippen molar-refractivity contribution in [2.75, 3.05) is 10.6 Å². The zero-order chi connectivity index (χ0) is 16.8. The summed E-state index contributed by atoms with van der Waals surface area (Å²) in [4.78, 5) is 16.2. The highest BCUT2D eigenvalue weighted by molar-refractivity contribution is 6.04. The van der Waals surface area contributed by atoms with Crippen LogP contribution in [0.5, 0.6) is 0 Å². The largest absolute Gasteiger partial charge is 0.381 e. The highest BCUT2D eigenvalue weighted by Gasteiger charge is 2.05. The van der Waals surface area contributed by atoms with Gasteiger partial charge in [0.2, 0.25) is 0 Å². The van der Waals surface area contributed by atoms with Gasteiger partial charge in [-0.25, -0.2) is 0 Å². The van der Waals surface area contributed by atoms with E-state index in [-0.39, 0.29) is 5.91 Å². The Balaban J connectivity index is 1.58. The van der Waals surface area contributed by atoms with Crippen molar-refractivity contribution in [3.63, 3.8) is 0 Å². The molecule has 0 aliphatic rings. The van der Waals surface area contributed by atoms with Crippen LogP contribution in [0.4, 0.5) is 11.4 Å². The second kappa shape index (κ2) is 7.42. The third-order valence-electron chi connectivity index (χ3n) is 3.70. The Morgan fingerprint density at radius 1 is 0.875 bits per heavy atom. The minimum absolute atomic E-state index is 0.104. The Labute approximate surface area is 141 Å². The SMILES string of the molecule is Cc1ccc(C(=O)Nc2ccc(NCc3ccncc3)cc2)cc1. The van der Waals surface area contributed by atoms with E-state index in [0.29, 0.717) is 5.56 Å². The van der Waals surface area contributed by atoms with Gasteiger partial charge in [0.05, 0.1) is 0 Å². The van der Waals surface area contributed by atoms with E-state index >= 15 is 0 Å². The van der Waals surface area contributed by atoms with Crippen molar-refractivity contribution in [2.24, 2.45) is 0 Å². The maximum absolute atomic E-state index is 12.2. The normalized spacial score (nSPS) is 10.2. The van der Waals surface area contributed by atoms with Crippen LogP contribution in [0.1, 0.15) is 21.5 Å². The number of nitrogens with one attached hydrogen (secondary N) is 2. The zero-order valence-electron chi connectivity index (χ0n) is 13.5. The molecule has 0 bridgehead atoms. The number of pyridine rings is 1. The molecule has 0 spiro atoms. The van der Waals surface area contributed by atoms with Crippen molar-refractivity contribution >= 4 is 17.3 Å². The second-order valence-electron chi connectivity index (χ2n) is 5.61. The molecule has 0 saturated heterocycles. The molecule has 2 N–H and O–H groups in total. The lowest BCUT2D eigenvalue weighted by molar-refractivity contribution is 0.102. The zero-order valence-corrected chi connectivity index (χ0v) is 13.5. The minimum Gasteiger partial charge on any atom is -0.381 e. The van der Waals surface area contributed by atoms with E-state index in [1.54, 1.807) is 12.4 Å². The molecule has 0 radical (unpaired) electrons. The molecule has 3 aromatic rings. The van der Waals surface area contributed by atoms with Gasteiger partial charge in [0.25, 0.3) is 5.91 Å². The van der Waals surface area contributed by atoms with Gasteiger partial charge in [-0.05, 0) is 61.0 Å². The number of carbonyl (C=O) groups excluding carboxylic acids is 1. The minimum atomic E-state index is -0.104. The third-order valence-corrected chi connectivity index (χ3v) is 3.70. The first-order valence-corrected chi connectivity index (χ1v) is 7.81. The number of hydrogen-bond acceptors (Lipinski definition) is 3. The summed E-state index contributed by atoms with van der Waals surface area (Å²) in [6, 6.07) is 19.2. The summed E-state index contributed by atoms with van der Waals surface area (Å²) in [5.41, 5.74) is 4.73. The van der Waals surface area contributed by atoms with E-state index in [2.05, 4.69) is 15.6 Å². The molecule has 4 nitrogen and oxygen atoms in total. The fraction of sp³-hybridized carbons (Fsp3) is 0.100. The standard InChI is InChI=1S/C20H19N3O/c1-15-2-4-17(5-3-15)20(24)23-19-8-6-18(7-9-19)22-14-16-10-12-21-13-11-16/h2-13,22H,14H2,1H3,(H,23,24). The Kier molecular flexibility index (Phi) is 4.87. The molecule has 0 saturated carbocycles. The van der Waals surface area contributed by atoms with E-state index in [1.807, 2.05) is 67.6 Å². The van der Waals surface area contributed by atoms with Gasteiger partial charge in [-0.15, -0.1) is 0 Å². The van der Waals surface area contributed by atoms with Crippen LogP contribution in [0.2, 0.25) is 0 Å². The Hall–Kier alpha value is -3.14. The smallest absolute Gasteiger partial charge is 0.255 e. The lowest BCUT2D eigenvalue weighted by Crippen LogP contribution is -2.11. The van der Waals surface area contributed by atoms with Crippen LogP contribution in [-0.2, 0) is 6.54 Å². The topological polar surface area (TPSA) is 54.0 Å². The van der Waals surface area contributed by atoms with Crippen molar-refractivity contribution in [1.82, 2.24) is 4.98 Å². The summed E-state index contributed by atoms with van der Waals surface area (Å²) < 4.78 is 0. The van der Waals surface area contributed by atoms with E-state index in [1.165, 1.54) is 5.56 Å². The Morgan fingerprint density at radius 3 is 2.17 bits per heavy atom. The van der Waals surface area contributed by atoms with Gasteiger partial charge in [-0.1, -0.05) is 17.7 Å². The van der Waals surface area contributed by atoms with E-state index in [4.69, 9.17) is 0 Å². The van der Waals surface area contributed by atoms with Crippen molar-refractivity contribution in [3.05, 3.63) is 89.7 Å². The molecule has 0 aliphatic heterocycles. The molecule has 120 valence electrons. The van der Waals surface area contributed by atoms with Crippen LogP contribution in [-0.4, -0.2) is 10.9 Å². The van der Waals surface area contributed by atoms with Crippen LogP contribution in [0, 0.1) is 6.92 Å². The molecule has 4 heteroatoms. The van der Waals surface area contributed by atoms with Crippen LogP contribution in [0.3, 0.4) is 0 Å². The summed E-state index contributed by atoms with van der Waals surface area (Å²) >= 11 is 0. The maximum atomic E-state index is 12.2. The number of benzene rings is 2. The number of aryl methyl sites for hydroxylation is 1. The van der Waals surface area contributed by atoms with Crippen LogP contribution in [0.15, 0.2) is 73.1 Å². The van der Waals surface area contributed by atoms with Gasteiger partial charge in [0.15, 0.2) is 0 Å². The first-order valence-electron chi connectivity index (χ1n) is 7.81. The average Bonchev–Trinajstić information content (AvgIpc) is 2.62. The summed E-state index contributed by atoms with van der Waals surface area (Å²) in [5, 5.41) is 6.24. The number of rotatable bonds is 5. The van der Waals surface area contributed by atoms with Crippen LogP contribution < -0.4 is 10.6 Å². The quantitative estimate of drug-likeness (QED) is 0.739. The number of nitrogens with zero attached hydrogens (tertiary/aromatic N) is 1. The molecule has 2 aromatic carbocycles. The maximum Gasteiger partial charge on any atom is 0.255 e. The van der Waals surface area contributed by atoms with Crippen molar-refractivity contribution < 1.29 is 4.79 Å². The van der Waals surface area contributed by atoms with Gasteiger partial charge < -0.3 is 10.6 Å². The van der Waals surface area contributed by atoms with Crippen molar-refractivity contribution in [1.29, 1.82) is 0 Å². The first-order chi connectivity index (χ1) is 11.7. The van der Waals surface area contributed by atoms with E-state index in [9.17, 15) is 4.79 Å². The predicted molar refractivity (Wildman–Crippen MR) is 97.1 cm³/mol. The molecule has 1 heterocycles. The molecule has 1 amide bonds. The highest BCUT2D eigenvalue weighted by Crippen LogP contribution is 2.15. The highest BCUT2D eigenvalue weighted by atomic mass is 16.1. The van der Waals surface area contributed by atoms with Gasteiger partial charge in [0, 0.05) is 35.9 Å². The molecule has 0 aliphatic carbocycles. The van der Waals surface area contributed by atoms with Gasteiger partial charge >= 0.3 is 0 Å². The molecule has 0 atom stereocenters. The molecular weight excluding hydrogens is 298 g/mol. The van der Waals surface area contributed by atoms with Crippen LogP contribution >= 0.6 is 0 Å². The number of hydrogen-bond donors (Lipinski definition) is 2. The third kappa shape index (κ3) is 4.20. The number of aromatic nitrogens is 1. The summed E-state index contributed by atoms with van der Waals surface area (Å²) in [6.07, 6.45) is 3.56. The lowest BCUT2D eigenvalue weighted by atomic mass is 10.1. The molecule has 1 aromatic heterocycles. The molecule has 0 unspecified atom stereocenters. The van der Waals surface area contributed by atoms with Crippen molar-refractivity contribution in [3.8, 4) is 0 Å². The van der Waals surface area contributed by atoms with Gasteiger partial charge in [-0.3, -0.25) is 9.78 Å². The molecule has 0 fully saturated rings. The van der Waals surface area contributed by atoms with Gasteiger partial charge in [-0.2, -0.15) is 0 Å². The second-order valence-corrected chi connectivity index (χ2v) is 5.61. The fourth-order valence-electron chi connectivity index (χ4n) is 2.28. The Morgan fingerprint density at radius 2 is 1.50 bits per heavy atom. The van der Waals surface area contributed by atoms with E-state index < -0.39 is 0 Å². The molecule has 3 rings (SSSR count). The van der Waals surface area contributed by atoms with Gasteiger partial charge in [0.1, 0.15) is 0 Å². The Bertz CT molecular complexity index is 797. The summed E-state index contributed by atoms with van der Waals surface area (Å²) in [7, 11) is 0. The predicted octanol–water partition coefficient (Wildman–Crippen LogP) is 4.25. The number of carbonyl (C=O) groups is 1. The average molecular weight is 317 g/mol. The number of amides is 1. The first kappa shape index (κ1) is 15.7. The fourth-order valence-corrected chi connectivity index (χ4v) is 2.28. The van der Waals surface area contributed by atoms with Crippen LogP contribution in [0.25, 0.3) is 0 Å². The number of anilines is 2. The van der Waals surface area contributed by atoms with Crippen molar-refractivity contribution in [2.45, 2.75) is 13.5 Å². The summed E-state index contributed by atoms with van der Waals surface area (Å²) in [6.45, 7) is 2.73. The summed E-state index contributed by atoms with van der Waals surface area (Å²) in [5.74, 6) is -0.104.